The molecule has 0 aliphatic carbocycles. The lowest BCUT2D eigenvalue weighted by atomic mass is 10.1. The Morgan fingerprint density at radius 3 is 2.64 bits per heavy atom. The SMILES string of the molecule is CCN(CC)c1ccc2cc(-c3cnc(C)s3)c(=O)oc2c1. The number of nitrogens with zero attached hydrogens (tertiary/aromatic N) is 2. The van der Waals surface area contributed by atoms with Crippen LogP contribution in [0.25, 0.3) is 21.4 Å². The van der Waals surface area contributed by atoms with E-state index in [1.807, 2.05) is 25.1 Å². The number of thiazole rings is 1. The molecule has 0 saturated heterocycles. The average molecular weight is 314 g/mol. The van der Waals surface area contributed by atoms with Crippen LogP contribution in [0.15, 0.2) is 39.7 Å². The topological polar surface area (TPSA) is 46.3 Å². The maximum atomic E-state index is 12.3. The average Bonchev–Trinajstić information content (AvgIpc) is 2.94. The van der Waals surface area contributed by atoms with Crippen LogP contribution in [-0.2, 0) is 0 Å². The molecule has 0 aliphatic rings. The highest BCUT2D eigenvalue weighted by Crippen LogP contribution is 2.27. The molecule has 4 nitrogen and oxygen atoms in total. The number of fused-ring (bicyclic) bond motifs is 1. The second kappa shape index (κ2) is 5.93. The first kappa shape index (κ1) is 14.8. The zero-order valence-electron chi connectivity index (χ0n) is 12.9. The molecule has 0 aliphatic heterocycles. The molecule has 2 aromatic heterocycles. The Bertz CT molecular complexity index is 862. The van der Waals surface area contributed by atoms with Gasteiger partial charge < -0.3 is 9.32 Å². The fourth-order valence-corrected chi connectivity index (χ4v) is 3.32. The maximum Gasteiger partial charge on any atom is 0.345 e. The third kappa shape index (κ3) is 2.64. The van der Waals surface area contributed by atoms with Crippen LogP contribution in [0.4, 0.5) is 5.69 Å². The van der Waals surface area contributed by atoms with Gasteiger partial charge in [-0.15, -0.1) is 11.3 Å². The summed E-state index contributed by atoms with van der Waals surface area (Å²) in [5.41, 5.74) is 1.96. The number of hydrogen-bond donors (Lipinski definition) is 0. The molecule has 0 saturated carbocycles. The molecule has 0 spiro atoms. The standard InChI is InChI=1S/C17H18N2O2S/c1-4-19(5-2)13-7-6-12-8-14(16-10-18-11(3)22-16)17(20)21-15(12)9-13/h6-10H,4-5H2,1-3H3. The summed E-state index contributed by atoms with van der Waals surface area (Å²) in [5.74, 6) is 0. The molecule has 0 bridgehead atoms. The quantitative estimate of drug-likeness (QED) is 0.681. The third-order valence-corrected chi connectivity index (χ3v) is 4.68. The van der Waals surface area contributed by atoms with E-state index in [4.69, 9.17) is 4.42 Å². The summed E-state index contributed by atoms with van der Waals surface area (Å²) in [6.45, 7) is 7.99. The van der Waals surface area contributed by atoms with Crippen LogP contribution in [-0.4, -0.2) is 18.1 Å². The lowest BCUT2D eigenvalue weighted by molar-refractivity contribution is 0.563. The summed E-state index contributed by atoms with van der Waals surface area (Å²) in [7, 11) is 0. The molecule has 5 heteroatoms. The Balaban J connectivity index is 2.12. The van der Waals surface area contributed by atoms with Crippen molar-refractivity contribution in [3.63, 3.8) is 0 Å². The first-order chi connectivity index (χ1) is 10.6. The summed E-state index contributed by atoms with van der Waals surface area (Å²) in [6, 6.07) is 7.89. The van der Waals surface area contributed by atoms with Crippen molar-refractivity contribution in [1.82, 2.24) is 4.98 Å². The first-order valence-corrected chi connectivity index (χ1v) is 8.19. The van der Waals surface area contributed by atoms with Gasteiger partial charge in [0.2, 0.25) is 0 Å². The fraction of sp³-hybridized carbons (Fsp3) is 0.294. The summed E-state index contributed by atoms with van der Waals surface area (Å²) >= 11 is 1.50. The van der Waals surface area contributed by atoms with Gasteiger partial charge in [-0.05, 0) is 39.0 Å². The van der Waals surface area contributed by atoms with E-state index in [0.717, 1.165) is 34.0 Å². The Morgan fingerprint density at radius 1 is 1.23 bits per heavy atom. The minimum atomic E-state index is -0.312. The van der Waals surface area contributed by atoms with E-state index in [1.54, 1.807) is 6.20 Å². The minimum Gasteiger partial charge on any atom is -0.422 e. The van der Waals surface area contributed by atoms with Gasteiger partial charge >= 0.3 is 5.63 Å². The van der Waals surface area contributed by atoms with E-state index in [-0.39, 0.29) is 5.63 Å². The van der Waals surface area contributed by atoms with Crippen molar-refractivity contribution in [3.8, 4) is 10.4 Å². The van der Waals surface area contributed by atoms with Crippen LogP contribution in [0.5, 0.6) is 0 Å². The number of aryl methyl sites for hydroxylation is 1. The van der Waals surface area contributed by atoms with Crippen LogP contribution in [0.3, 0.4) is 0 Å². The first-order valence-electron chi connectivity index (χ1n) is 7.38. The van der Waals surface area contributed by atoms with E-state index in [0.29, 0.717) is 11.1 Å². The summed E-state index contributed by atoms with van der Waals surface area (Å²) in [4.78, 5) is 19.5. The van der Waals surface area contributed by atoms with E-state index < -0.39 is 0 Å². The van der Waals surface area contributed by atoms with Gasteiger partial charge in [0.1, 0.15) is 5.58 Å². The van der Waals surface area contributed by atoms with Crippen molar-refractivity contribution in [2.45, 2.75) is 20.8 Å². The molecule has 0 N–H and O–H groups in total. The number of aromatic nitrogens is 1. The van der Waals surface area contributed by atoms with Gasteiger partial charge in [0, 0.05) is 36.4 Å². The highest BCUT2D eigenvalue weighted by Gasteiger charge is 2.11. The molecule has 0 atom stereocenters. The highest BCUT2D eigenvalue weighted by molar-refractivity contribution is 7.15. The second-order valence-electron chi connectivity index (χ2n) is 5.09. The number of rotatable bonds is 4. The van der Waals surface area contributed by atoms with Crippen molar-refractivity contribution in [3.05, 3.63) is 45.9 Å². The molecule has 114 valence electrons. The summed E-state index contributed by atoms with van der Waals surface area (Å²) in [6.07, 6.45) is 1.72. The van der Waals surface area contributed by atoms with Gasteiger partial charge in [0.15, 0.2) is 0 Å². The molecule has 2 heterocycles. The Hall–Kier alpha value is -2.14. The monoisotopic (exact) mass is 314 g/mol. The van der Waals surface area contributed by atoms with E-state index >= 15 is 0 Å². The number of benzene rings is 1. The van der Waals surface area contributed by atoms with Crippen molar-refractivity contribution in [2.75, 3.05) is 18.0 Å². The predicted molar refractivity (Wildman–Crippen MR) is 91.9 cm³/mol. The fourth-order valence-electron chi connectivity index (χ4n) is 2.54. The van der Waals surface area contributed by atoms with E-state index in [2.05, 4.69) is 29.8 Å². The lowest BCUT2D eigenvalue weighted by Crippen LogP contribution is -2.21. The number of hydrogen-bond acceptors (Lipinski definition) is 5. The summed E-state index contributed by atoms with van der Waals surface area (Å²) in [5, 5.41) is 1.86. The van der Waals surface area contributed by atoms with Crippen LogP contribution in [0.2, 0.25) is 0 Å². The molecule has 3 rings (SSSR count). The van der Waals surface area contributed by atoms with Gasteiger partial charge in [-0.25, -0.2) is 9.78 Å². The third-order valence-electron chi connectivity index (χ3n) is 3.73. The zero-order chi connectivity index (χ0) is 15.7. The molecule has 0 unspecified atom stereocenters. The van der Waals surface area contributed by atoms with Crippen molar-refractivity contribution in [2.24, 2.45) is 0 Å². The molecule has 0 radical (unpaired) electrons. The molecule has 22 heavy (non-hydrogen) atoms. The largest absolute Gasteiger partial charge is 0.422 e. The minimum absolute atomic E-state index is 0.312. The molecular weight excluding hydrogens is 296 g/mol. The van der Waals surface area contributed by atoms with Crippen LogP contribution in [0, 0.1) is 6.92 Å². The van der Waals surface area contributed by atoms with Gasteiger partial charge in [-0.2, -0.15) is 0 Å². The predicted octanol–water partition coefficient (Wildman–Crippen LogP) is 4.07. The second-order valence-corrected chi connectivity index (χ2v) is 6.32. The number of anilines is 1. The molecule has 1 aromatic carbocycles. The van der Waals surface area contributed by atoms with Crippen LogP contribution < -0.4 is 10.5 Å². The smallest absolute Gasteiger partial charge is 0.345 e. The maximum absolute atomic E-state index is 12.3. The van der Waals surface area contributed by atoms with Gasteiger partial charge in [0.05, 0.1) is 15.4 Å². The highest BCUT2D eigenvalue weighted by atomic mass is 32.1. The lowest BCUT2D eigenvalue weighted by Gasteiger charge is -2.20. The Kier molecular flexibility index (Phi) is 3.98. The van der Waals surface area contributed by atoms with Crippen LogP contribution in [0.1, 0.15) is 18.9 Å². The van der Waals surface area contributed by atoms with Crippen molar-refractivity contribution in [1.29, 1.82) is 0 Å². The van der Waals surface area contributed by atoms with Gasteiger partial charge in [-0.3, -0.25) is 0 Å². The van der Waals surface area contributed by atoms with Crippen LogP contribution >= 0.6 is 11.3 Å². The summed E-state index contributed by atoms with van der Waals surface area (Å²) < 4.78 is 5.53. The van der Waals surface area contributed by atoms with E-state index in [1.165, 1.54) is 11.3 Å². The Labute approximate surface area is 133 Å². The molecule has 3 aromatic rings. The van der Waals surface area contributed by atoms with Gasteiger partial charge in [0.25, 0.3) is 0 Å². The van der Waals surface area contributed by atoms with E-state index in [9.17, 15) is 4.79 Å². The normalized spacial score (nSPS) is 11.0. The molecule has 0 fully saturated rings. The van der Waals surface area contributed by atoms with Crippen molar-refractivity contribution < 1.29 is 4.42 Å². The zero-order valence-corrected chi connectivity index (χ0v) is 13.7. The van der Waals surface area contributed by atoms with Crippen molar-refractivity contribution >= 4 is 28.0 Å². The van der Waals surface area contributed by atoms with Gasteiger partial charge in [-0.1, -0.05) is 0 Å². The Morgan fingerprint density at radius 2 is 2.00 bits per heavy atom. The molecule has 0 amide bonds. The molecular formula is C17H18N2O2S.